The summed E-state index contributed by atoms with van der Waals surface area (Å²) in [7, 11) is 1.88. The Morgan fingerprint density at radius 2 is 1.52 bits per heavy atom. The molecule has 3 N–H and O–H groups in total. The van der Waals surface area contributed by atoms with Gasteiger partial charge in [-0.05, 0) is 86.7 Å². The first-order chi connectivity index (χ1) is 36.4. The zero-order valence-electron chi connectivity index (χ0n) is 42.1. The van der Waals surface area contributed by atoms with E-state index >= 15 is 4.39 Å². The number of unbranched alkanes of at least 4 members (excludes halogenated alkanes) is 3. The Bertz CT molecular complexity index is 2810. The van der Waals surface area contributed by atoms with Crippen molar-refractivity contribution in [3.8, 4) is 17.3 Å². The molecule has 0 spiro atoms. The summed E-state index contributed by atoms with van der Waals surface area (Å²) in [5, 5.41) is 17.1. The number of rotatable bonds is 26. The molecule has 2 unspecified atom stereocenters. The smallest absolute Gasteiger partial charge is 0.262 e. The maximum Gasteiger partial charge on any atom is 0.262 e. The zero-order valence-corrected chi connectivity index (χ0v) is 42.1. The number of hydrogen-bond donors (Lipinski definition) is 3. The van der Waals surface area contributed by atoms with E-state index in [0.29, 0.717) is 95.3 Å². The van der Waals surface area contributed by atoms with Crippen LogP contribution in [0.4, 0.5) is 15.8 Å². The molecule has 5 heterocycles. The third-order valence-electron chi connectivity index (χ3n) is 13.2. The molecule has 3 aliphatic rings. The number of anilines is 2. The molecule has 8 rings (SSSR count). The van der Waals surface area contributed by atoms with E-state index in [1.807, 2.05) is 61.0 Å². The summed E-state index contributed by atoms with van der Waals surface area (Å²) in [5.41, 5.74) is 2.97. The Labute approximate surface area is 433 Å². The maximum absolute atomic E-state index is 15.3. The molecule has 3 aromatic carbocycles. The van der Waals surface area contributed by atoms with Crippen molar-refractivity contribution in [2.75, 3.05) is 82.6 Å². The number of carbonyl (C=O) groups is 6. The van der Waals surface area contributed by atoms with Gasteiger partial charge >= 0.3 is 0 Å². The molecule has 2 fully saturated rings. The lowest BCUT2D eigenvalue weighted by molar-refractivity contribution is -0.136. The molecule has 0 radical (unpaired) electrons. The van der Waals surface area contributed by atoms with Crippen molar-refractivity contribution in [3.63, 3.8) is 0 Å². The second-order valence-corrected chi connectivity index (χ2v) is 18.3. The molecule has 396 valence electrons. The second kappa shape index (κ2) is 26.0. The number of hydrogen-bond acceptors (Lipinski definition) is 16. The van der Waals surface area contributed by atoms with E-state index in [9.17, 15) is 28.8 Å². The number of benzene rings is 3. The van der Waals surface area contributed by atoms with Gasteiger partial charge in [0.2, 0.25) is 17.7 Å². The van der Waals surface area contributed by atoms with Crippen molar-refractivity contribution in [3.05, 3.63) is 113 Å². The van der Waals surface area contributed by atoms with Crippen LogP contribution in [0.3, 0.4) is 0 Å². The first kappa shape index (κ1) is 53.6. The van der Waals surface area contributed by atoms with Crippen LogP contribution < -0.4 is 25.6 Å². The van der Waals surface area contributed by atoms with Crippen LogP contribution in [-0.2, 0) is 42.2 Å². The third-order valence-corrected chi connectivity index (χ3v) is 13.2. The van der Waals surface area contributed by atoms with Gasteiger partial charge in [-0.1, -0.05) is 24.6 Å². The highest BCUT2D eigenvalue weighted by molar-refractivity contribution is 6.23. The van der Waals surface area contributed by atoms with E-state index in [-0.39, 0.29) is 60.5 Å². The SMILES string of the molecule is CC(NC(=O)c1cccc(NCc2nnc(-c3ccncn3)n2C)c1)c1ccc(OCCCCCCOCCOCCOCCC(=O)N2CCN(c3cc4c(cc3F)C(=O)N(C3CCC(=O)NC3=O)C4=O)CC2)cc1. The van der Waals surface area contributed by atoms with Crippen LogP contribution in [0.2, 0.25) is 0 Å². The van der Waals surface area contributed by atoms with Gasteiger partial charge in [-0.25, -0.2) is 14.4 Å². The summed E-state index contributed by atoms with van der Waals surface area (Å²) in [5.74, 6) is -1.53. The molecule has 22 heteroatoms. The molecule has 0 bridgehead atoms. The summed E-state index contributed by atoms with van der Waals surface area (Å²) in [6.07, 6.45) is 7.18. The monoisotopic (exact) mass is 1030 g/mol. The first-order valence-electron chi connectivity index (χ1n) is 25.3. The van der Waals surface area contributed by atoms with Gasteiger partial charge in [0.15, 0.2) is 11.6 Å². The molecule has 5 aromatic rings. The summed E-state index contributed by atoms with van der Waals surface area (Å²) < 4.78 is 40.1. The van der Waals surface area contributed by atoms with Crippen LogP contribution in [0.15, 0.2) is 79.3 Å². The molecule has 21 nitrogen and oxygen atoms in total. The Morgan fingerprint density at radius 3 is 2.24 bits per heavy atom. The average Bonchev–Trinajstić information content (AvgIpc) is 3.92. The highest BCUT2D eigenvalue weighted by Crippen LogP contribution is 2.33. The number of ether oxygens (including phenoxy) is 4. The molecule has 6 amide bonds. The fourth-order valence-corrected chi connectivity index (χ4v) is 8.96. The van der Waals surface area contributed by atoms with Gasteiger partial charge in [-0.3, -0.25) is 39.0 Å². The third kappa shape index (κ3) is 13.9. The number of halogens is 1. The lowest BCUT2D eigenvalue weighted by Gasteiger charge is -2.36. The standard InChI is InChI=1S/C53H62FN11O10/c1-35(58-50(68)37-8-7-9-38(30-37)56-33-46-60-61-49(62(46)2)43-16-18-55-34-57-43)36-10-12-39(13-11-36)75-24-6-4-3-5-23-72-26-28-74-29-27-73-25-17-48(67)64-21-19-63(20-22-64)45-32-41-40(31-42(45)54)52(70)65(53(41)71)44-14-15-47(66)59-51(44)69/h7-13,16,18,30-32,34-35,44,56H,3-6,14-15,17,19-29,33H2,1-2H3,(H,58,68)(H,59,66,69). The minimum absolute atomic E-state index is 0.00180. The number of imide groups is 2. The molecule has 0 saturated carbocycles. The van der Waals surface area contributed by atoms with E-state index in [1.165, 1.54) is 12.4 Å². The molecule has 2 saturated heterocycles. The highest BCUT2D eigenvalue weighted by Gasteiger charge is 2.45. The number of amides is 6. The van der Waals surface area contributed by atoms with Crippen molar-refractivity contribution < 1.29 is 52.1 Å². The van der Waals surface area contributed by atoms with Gasteiger partial charge in [0, 0.05) is 63.7 Å². The van der Waals surface area contributed by atoms with Crippen LogP contribution in [0, 0.1) is 5.82 Å². The molecular weight excluding hydrogens is 970 g/mol. The van der Waals surface area contributed by atoms with Gasteiger partial charge in [0.1, 0.15) is 29.6 Å². The topological polar surface area (TPSA) is 242 Å². The Balaban J connectivity index is 0.610. The van der Waals surface area contributed by atoms with Gasteiger partial charge in [-0.15, -0.1) is 10.2 Å². The van der Waals surface area contributed by atoms with Crippen molar-refractivity contribution in [2.45, 2.75) is 70.5 Å². The van der Waals surface area contributed by atoms with Gasteiger partial charge in [0.05, 0.1) is 75.5 Å². The highest BCUT2D eigenvalue weighted by atomic mass is 19.1. The molecule has 0 aliphatic carbocycles. The lowest BCUT2D eigenvalue weighted by atomic mass is 10.0. The Morgan fingerprint density at radius 1 is 0.813 bits per heavy atom. The van der Waals surface area contributed by atoms with E-state index in [0.717, 1.165) is 53.6 Å². The van der Waals surface area contributed by atoms with Gasteiger partial charge < -0.3 is 43.9 Å². The molecule has 3 aliphatic heterocycles. The van der Waals surface area contributed by atoms with Crippen molar-refractivity contribution in [2.24, 2.45) is 7.05 Å². The van der Waals surface area contributed by atoms with Crippen molar-refractivity contribution in [1.29, 1.82) is 0 Å². The molecule has 2 aromatic heterocycles. The minimum Gasteiger partial charge on any atom is -0.494 e. The summed E-state index contributed by atoms with van der Waals surface area (Å²) in [6, 6.07) is 17.9. The lowest BCUT2D eigenvalue weighted by Crippen LogP contribution is -2.54. The normalized spacial score (nSPS) is 16.0. The predicted molar refractivity (Wildman–Crippen MR) is 271 cm³/mol. The average molecular weight is 1030 g/mol. The summed E-state index contributed by atoms with van der Waals surface area (Å²) in [6.45, 7) is 6.74. The van der Waals surface area contributed by atoms with Crippen LogP contribution in [-0.4, -0.2) is 148 Å². The van der Waals surface area contributed by atoms with Crippen LogP contribution in [0.25, 0.3) is 11.5 Å². The van der Waals surface area contributed by atoms with Crippen LogP contribution >= 0.6 is 0 Å². The number of aromatic nitrogens is 5. The van der Waals surface area contributed by atoms with Crippen LogP contribution in [0.1, 0.15) is 100 Å². The maximum atomic E-state index is 15.3. The number of piperazine rings is 1. The molecular formula is C53H62FN11O10. The minimum atomic E-state index is -1.14. The van der Waals surface area contributed by atoms with Crippen molar-refractivity contribution >= 4 is 46.8 Å². The van der Waals surface area contributed by atoms with Crippen LogP contribution in [0.5, 0.6) is 5.75 Å². The number of fused-ring (bicyclic) bond motifs is 1. The van der Waals surface area contributed by atoms with E-state index in [1.54, 1.807) is 28.1 Å². The van der Waals surface area contributed by atoms with Crippen molar-refractivity contribution in [1.82, 2.24) is 45.2 Å². The number of piperidine rings is 1. The summed E-state index contributed by atoms with van der Waals surface area (Å²) >= 11 is 0. The fraction of sp³-hybridized carbons (Fsp3) is 0.434. The molecule has 75 heavy (non-hydrogen) atoms. The number of nitrogens with one attached hydrogen (secondary N) is 3. The molecule has 2 atom stereocenters. The quantitative estimate of drug-likeness (QED) is 0.0505. The number of carbonyl (C=O) groups excluding carboxylic acids is 6. The zero-order chi connectivity index (χ0) is 52.7. The Kier molecular flexibility index (Phi) is 18.6. The Hall–Kier alpha value is -7.69. The largest absolute Gasteiger partial charge is 0.494 e. The number of nitrogens with zero attached hydrogens (tertiary/aromatic N) is 8. The van der Waals surface area contributed by atoms with E-state index in [2.05, 4.69) is 36.1 Å². The fourth-order valence-electron chi connectivity index (χ4n) is 8.96. The van der Waals surface area contributed by atoms with E-state index in [4.69, 9.17) is 18.9 Å². The van der Waals surface area contributed by atoms with Gasteiger partial charge in [-0.2, -0.15) is 0 Å². The predicted octanol–water partition coefficient (Wildman–Crippen LogP) is 4.64. The van der Waals surface area contributed by atoms with Gasteiger partial charge in [0.25, 0.3) is 17.7 Å². The summed E-state index contributed by atoms with van der Waals surface area (Å²) in [4.78, 5) is 88.7. The second-order valence-electron chi connectivity index (χ2n) is 18.3. The first-order valence-corrected chi connectivity index (χ1v) is 25.3. The van der Waals surface area contributed by atoms with E-state index < -0.39 is 35.5 Å².